The average molecular weight is 657 g/mol. The topological polar surface area (TPSA) is 90.0 Å². The van der Waals surface area contributed by atoms with Crippen LogP contribution in [-0.4, -0.2) is 45.1 Å². The number of ether oxygens (including phenoxy) is 1. The molecule has 0 radical (unpaired) electrons. The van der Waals surface area contributed by atoms with Gasteiger partial charge in [-0.3, -0.25) is 9.59 Å². The summed E-state index contributed by atoms with van der Waals surface area (Å²) in [5.41, 5.74) is 4.48. The first-order valence-corrected chi connectivity index (χ1v) is 16.4. The van der Waals surface area contributed by atoms with Crippen LogP contribution in [0.25, 0.3) is 0 Å². The Morgan fingerprint density at radius 3 is 1.93 bits per heavy atom. The number of hydrogen-bond acceptors (Lipinski definition) is 7. The molecule has 0 saturated carbocycles. The molecular formula is C33H38BrNO6S. The van der Waals surface area contributed by atoms with E-state index in [1.165, 1.54) is 12.1 Å². The van der Waals surface area contributed by atoms with E-state index in [1.807, 2.05) is 6.92 Å². The van der Waals surface area contributed by atoms with Crippen LogP contribution >= 0.6 is 15.9 Å². The SMILES string of the molecule is COCCN1C2=C(C(=O)CC(C)(C)C2)C(c2ccc(OS(=O)(=O)c3ccc(C)cc3)c(Br)c2)C2=C1CC(C)(C)CC2=O. The maximum atomic E-state index is 13.9. The van der Waals surface area contributed by atoms with Gasteiger partial charge in [0.2, 0.25) is 0 Å². The van der Waals surface area contributed by atoms with E-state index in [0.717, 1.165) is 22.5 Å². The Kier molecular flexibility index (Phi) is 8.09. The lowest BCUT2D eigenvalue weighted by molar-refractivity contribution is -0.119. The molecule has 0 bridgehead atoms. The van der Waals surface area contributed by atoms with E-state index in [9.17, 15) is 18.0 Å². The van der Waals surface area contributed by atoms with Crippen molar-refractivity contribution in [3.63, 3.8) is 0 Å². The van der Waals surface area contributed by atoms with Crippen LogP contribution in [0.5, 0.6) is 5.75 Å². The molecule has 5 rings (SSSR count). The lowest BCUT2D eigenvalue weighted by Gasteiger charge is -2.49. The van der Waals surface area contributed by atoms with E-state index < -0.39 is 16.0 Å². The number of carbonyl (C=O) groups is 2. The van der Waals surface area contributed by atoms with Crippen LogP contribution in [0, 0.1) is 17.8 Å². The van der Waals surface area contributed by atoms with Crippen molar-refractivity contribution in [3.8, 4) is 5.75 Å². The van der Waals surface area contributed by atoms with Crippen molar-refractivity contribution < 1.29 is 26.9 Å². The minimum Gasteiger partial charge on any atom is -0.383 e. The quantitative estimate of drug-likeness (QED) is 0.301. The van der Waals surface area contributed by atoms with E-state index in [0.29, 0.717) is 54.5 Å². The first kappa shape index (κ1) is 30.7. The third-order valence-electron chi connectivity index (χ3n) is 8.34. The van der Waals surface area contributed by atoms with Crippen LogP contribution in [0.4, 0.5) is 0 Å². The minimum absolute atomic E-state index is 0.0382. The number of aryl methyl sites for hydroxylation is 1. The fourth-order valence-electron chi connectivity index (χ4n) is 6.47. The lowest BCUT2D eigenvalue weighted by Crippen LogP contribution is -2.45. The third kappa shape index (κ3) is 5.88. The number of hydrogen-bond donors (Lipinski definition) is 0. The summed E-state index contributed by atoms with van der Waals surface area (Å²) in [4.78, 5) is 30.1. The molecule has 1 heterocycles. The summed E-state index contributed by atoms with van der Waals surface area (Å²) in [5, 5.41) is 0. The molecule has 0 fully saturated rings. The van der Waals surface area contributed by atoms with E-state index in [1.54, 1.807) is 37.4 Å². The summed E-state index contributed by atoms with van der Waals surface area (Å²) in [6.07, 6.45) is 2.19. The molecule has 42 heavy (non-hydrogen) atoms. The Bertz CT molecular complexity index is 1560. The average Bonchev–Trinajstić information content (AvgIpc) is 2.87. The summed E-state index contributed by atoms with van der Waals surface area (Å²) in [6, 6.07) is 11.6. The Morgan fingerprint density at radius 2 is 1.43 bits per heavy atom. The van der Waals surface area contributed by atoms with Crippen LogP contribution in [0.2, 0.25) is 0 Å². The van der Waals surface area contributed by atoms with E-state index in [-0.39, 0.29) is 33.0 Å². The Balaban J connectivity index is 1.62. The highest BCUT2D eigenvalue weighted by Gasteiger charge is 2.49. The number of allylic oxidation sites excluding steroid dienone is 4. The van der Waals surface area contributed by atoms with E-state index >= 15 is 0 Å². The minimum atomic E-state index is -4.06. The maximum absolute atomic E-state index is 13.9. The van der Waals surface area contributed by atoms with Crippen LogP contribution in [0.15, 0.2) is 74.4 Å². The van der Waals surface area contributed by atoms with Crippen LogP contribution < -0.4 is 4.18 Å². The molecule has 224 valence electrons. The van der Waals surface area contributed by atoms with Gasteiger partial charge in [-0.2, -0.15) is 8.42 Å². The summed E-state index contributed by atoms with van der Waals surface area (Å²) in [5.74, 6) is -0.333. The van der Waals surface area contributed by atoms with Gasteiger partial charge in [-0.25, -0.2) is 0 Å². The number of ketones is 2. The molecule has 2 aromatic rings. The Labute approximate surface area is 257 Å². The van der Waals surface area contributed by atoms with Gasteiger partial charge in [0.15, 0.2) is 17.3 Å². The molecule has 2 aliphatic carbocycles. The number of methoxy groups -OCH3 is 1. The Morgan fingerprint density at radius 1 is 0.881 bits per heavy atom. The number of halogens is 1. The van der Waals surface area contributed by atoms with Gasteiger partial charge in [0.05, 0.1) is 11.1 Å². The molecule has 0 saturated heterocycles. The molecular weight excluding hydrogens is 618 g/mol. The second kappa shape index (κ2) is 11.1. The lowest BCUT2D eigenvalue weighted by atomic mass is 9.63. The van der Waals surface area contributed by atoms with Crippen LogP contribution in [0.1, 0.15) is 70.4 Å². The predicted molar refractivity (Wildman–Crippen MR) is 165 cm³/mol. The fourth-order valence-corrected chi connectivity index (χ4v) is 8.00. The second-order valence-corrected chi connectivity index (χ2v) is 15.6. The summed E-state index contributed by atoms with van der Waals surface area (Å²) in [6.45, 7) is 11.3. The van der Waals surface area contributed by atoms with Gasteiger partial charge >= 0.3 is 10.1 Å². The van der Waals surface area contributed by atoms with E-state index in [4.69, 9.17) is 8.92 Å². The largest absolute Gasteiger partial charge is 0.383 e. The zero-order valence-electron chi connectivity index (χ0n) is 25.0. The number of nitrogens with zero attached hydrogens (tertiary/aromatic N) is 1. The van der Waals surface area contributed by atoms with Gasteiger partial charge in [-0.1, -0.05) is 51.5 Å². The van der Waals surface area contributed by atoms with Crippen LogP contribution in [0.3, 0.4) is 0 Å². The number of benzene rings is 2. The molecule has 1 aliphatic heterocycles. The summed E-state index contributed by atoms with van der Waals surface area (Å²) in [7, 11) is -2.41. The predicted octanol–water partition coefficient (Wildman–Crippen LogP) is 6.86. The van der Waals surface area contributed by atoms with E-state index in [2.05, 4.69) is 48.5 Å². The molecule has 0 unspecified atom stereocenters. The van der Waals surface area contributed by atoms with Crippen molar-refractivity contribution in [1.82, 2.24) is 4.90 Å². The number of rotatable bonds is 7. The van der Waals surface area contributed by atoms with Crippen molar-refractivity contribution in [2.45, 2.75) is 71.1 Å². The number of Topliss-reactive ketones (excluding diaryl/α,β-unsaturated/α-hetero) is 2. The smallest absolute Gasteiger partial charge is 0.339 e. The molecule has 7 nitrogen and oxygen atoms in total. The third-order valence-corrected chi connectivity index (χ3v) is 10.2. The van der Waals surface area contributed by atoms with Gasteiger partial charge in [-0.05, 0) is 76.4 Å². The van der Waals surface area contributed by atoms with Gasteiger partial charge in [-0.15, -0.1) is 0 Å². The number of carbonyl (C=O) groups excluding carboxylic acids is 2. The van der Waals surface area contributed by atoms with Crippen molar-refractivity contribution in [1.29, 1.82) is 0 Å². The zero-order chi connectivity index (χ0) is 30.6. The molecule has 3 aliphatic rings. The van der Waals surface area contributed by atoms with Gasteiger partial charge in [0, 0.05) is 55.0 Å². The molecule has 0 aromatic heterocycles. The highest BCUT2D eigenvalue weighted by atomic mass is 79.9. The first-order chi connectivity index (χ1) is 19.6. The molecule has 2 aromatic carbocycles. The van der Waals surface area contributed by atoms with Gasteiger partial charge in [0.1, 0.15) is 4.90 Å². The Hall–Kier alpha value is -2.75. The van der Waals surface area contributed by atoms with Crippen molar-refractivity contribution in [2.75, 3.05) is 20.3 Å². The van der Waals surface area contributed by atoms with Crippen molar-refractivity contribution >= 4 is 37.6 Å². The fraction of sp³-hybridized carbons (Fsp3) is 0.455. The highest BCUT2D eigenvalue weighted by Crippen LogP contribution is 2.54. The molecule has 0 spiro atoms. The highest BCUT2D eigenvalue weighted by molar-refractivity contribution is 9.10. The standard InChI is InChI=1S/C33H38BrNO6S/c1-20-7-10-22(11-8-20)42(38,39)41-28-12-9-21(15-23(28)34)29-30-24(16-32(2,3)18-26(30)36)35(13-14-40-6)25-17-33(4,5)19-27(37)31(25)29/h7-12,15,29H,13-14,16-19H2,1-6H3. The molecule has 0 amide bonds. The van der Waals surface area contributed by atoms with Gasteiger partial charge in [0.25, 0.3) is 0 Å². The monoisotopic (exact) mass is 655 g/mol. The normalized spacial score (nSPS) is 20.5. The summed E-state index contributed by atoms with van der Waals surface area (Å²) < 4.78 is 37.4. The van der Waals surface area contributed by atoms with Gasteiger partial charge < -0.3 is 13.8 Å². The molecule has 0 N–H and O–H groups in total. The molecule has 0 atom stereocenters. The summed E-state index contributed by atoms with van der Waals surface area (Å²) >= 11 is 3.52. The second-order valence-electron chi connectivity index (χ2n) is 13.2. The van der Waals surface area contributed by atoms with Crippen molar-refractivity contribution in [3.05, 3.63) is 80.6 Å². The van der Waals surface area contributed by atoms with Crippen molar-refractivity contribution in [2.24, 2.45) is 10.8 Å². The van der Waals surface area contributed by atoms with Crippen LogP contribution in [-0.2, 0) is 24.4 Å². The molecule has 9 heteroatoms. The maximum Gasteiger partial charge on any atom is 0.339 e. The zero-order valence-corrected chi connectivity index (χ0v) is 27.4. The first-order valence-electron chi connectivity index (χ1n) is 14.2.